The zero-order valence-electron chi connectivity index (χ0n) is 22.7. The van der Waals surface area contributed by atoms with Gasteiger partial charge in [0.05, 0.1) is 0 Å². The minimum Gasteiger partial charge on any atom is -0.314 e. The quantitative estimate of drug-likeness (QED) is 0.161. The van der Waals surface area contributed by atoms with Gasteiger partial charge in [-0.1, -0.05) is 154 Å². The van der Waals surface area contributed by atoms with Crippen LogP contribution < -0.4 is 21.2 Å². The number of hydrogen-bond donors (Lipinski definition) is 0. The van der Waals surface area contributed by atoms with Gasteiger partial charge in [0.1, 0.15) is 14.3 Å². The van der Waals surface area contributed by atoms with Gasteiger partial charge in [-0.15, -0.1) is 0 Å². The maximum absolute atomic E-state index is 15.3. The lowest BCUT2D eigenvalue weighted by molar-refractivity contribution is 0.301. The Hall–Kier alpha value is -2.66. The Kier molecular flexibility index (Phi) is 9.64. The second-order valence-corrected chi connectivity index (χ2v) is 16.1. The zero-order chi connectivity index (χ0) is 26.9. The van der Waals surface area contributed by atoms with Gasteiger partial charge >= 0.3 is 0 Å². The molecule has 38 heavy (non-hydrogen) atoms. The minimum atomic E-state index is -3.01. The molecular weight excluding hydrogens is 502 g/mol. The molecule has 0 amide bonds. The lowest BCUT2D eigenvalue weighted by Gasteiger charge is -2.40. The summed E-state index contributed by atoms with van der Waals surface area (Å²) in [5.74, 6) is 0. The molecule has 0 N–H and O–H groups in total. The maximum Gasteiger partial charge on any atom is 0.143 e. The third kappa shape index (κ3) is 6.31. The molecule has 2 nitrogen and oxygen atoms in total. The summed E-state index contributed by atoms with van der Waals surface area (Å²) < 4.78 is 30.7. The summed E-state index contributed by atoms with van der Waals surface area (Å²) in [4.78, 5) is 0. The van der Waals surface area contributed by atoms with Crippen LogP contribution in [0.2, 0.25) is 0 Å². The van der Waals surface area contributed by atoms with E-state index < -0.39 is 14.3 Å². The van der Waals surface area contributed by atoms with Crippen LogP contribution in [0.5, 0.6) is 0 Å². The van der Waals surface area contributed by atoms with Gasteiger partial charge in [0.15, 0.2) is 0 Å². The smallest absolute Gasteiger partial charge is 0.143 e. The second-order valence-electron chi connectivity index (χ2n) is 10.5. The highest BCUT2D eigenvalue weighted by atomic mass is 31.2. The number of unbranched alkanes of at least 4 members (excludes halogenated alkanes) is 1. The molecule has 0 saturated heterocycles. The van der Waals surface area contributed by atoms with E-state index >= 15 is 9.13 Å². The highest BCUT2D eigenvalue weighted by Gasteiger charge is 2.44. The largest absolute Gasteiger partial charge is 0.314 e. The van der Waals surface area contributed by atoms with E-state index in [0.29, 0.717) is 12.3 Å². The van der Waals surface area contributed by atoms with Gasteiger partial charge in [-0.05, 0) is 18.3 Å². The first-order valence-corrected chi connectivity index (χ1v) is 17.6. The van der Waals surface area contributed by atoms with E-state index in [-0.39, 0.29) is 5.41 Å². The average Bonchev–Trinajstić information content (AvgIpc) is 2.98. The molecule has 4 heteroatoms. The summed E-state index contributed by atoms with van der Waals surface area (Å²) in [6, 6.07) is 39.9. The zero-order valence-corrected chi connectivity index (χ0v) is 24.5. The van der Waals surface area contributed by atoms with Crippen molar-refractivity contribution in [2.45, 2.75) is 46.0 Å². The van der Waals surface area contributed by atoms with E-state index in [1.807, 2.05) is 121 Å². The van der Waals surface area contributed by atoms with Crippen LogP contribution in [-0.2, 0) is 9.13 Å². The maximum atomic E-state index is 15.3. The van der Waals surface area contributed by atoms with Crippen LogP contribution in [-0.4, -0.2) is 12.3 Å². The molecule has 0 heterocycles. The first-order valence-electron chi connectivity index (χ1n) is 13.9. The molecule has 0 spiro atoms. The lowest BCUT2D eigenvalue weighted by Crippen LogP contribution is -2.37. The average molecular weight is 543 g/mol. The van der Waals surface area contributed by atoms with Crippen molar-refractivity contribution < 1.29 is 9.13 Å². The third-order valence-corrected chi connectivity index (χ3v) is 14.4. The van der Waals surface area contributed by atoms with Crippen molar-refractivity contribution in [3.8, 4) is 0 Å². The summed E-state index contributed by atoms with van der Waals surface area (Å²) >= 11 is 0. The molecule has 0 fully saturated rings. The molecule has 0 saturated carbocycles. The van der Waals surface area contributed by atoms with E-state index in [0.717, 1.165) is 53.3 Å². The molecule has 4 aromatic carbocycles. The van der Waals surface area contributed by atoms with Gasteiger partial charge in [-0.25, -0.2) is 0 Å². The van der Waals surface area contributed by atoms with Crippen molar-refractivity contribution in [2.75, 3.05) is 12.3 Å². The molecule has 0 aromatic heterocycles. The predicted octanol–water partition coefficient (Wildman–Crippen LogP) is 7.99. The van der Waals surface area contributed by atoms with Crippen LogP contribution in [0.4, 0.5) is 0 Å². The van der Waals surface area contributed by atoms with Crippen LogP contribution in [0.25, 0.3) is 0 Å². The normalized spacial score (nSPS) is 12.4. The molecule has 0 atom stereocenters. The van der Waals surface area contributed by atoms with Gasteiger partial charge in [0, 0.05) is 33.5 Å². The first kappa shape index (κ1) is 28.4. The third-order valence-electron chi connectivity index (χ3n) is 7.65. The van der Waals surface area contributed by atoms with Crippen molar-refractivity contribution in [1.29, 1.82) is 0 Å². The molecule has 0 aliphatic rings. The van der Waals surface area contributed by atoms with Gasteiger partial charge in [0.2, 0.25) is 0 Å². The van der Waals surface area contributed by atoms with E-state index in [9.17, 15) is 0 Å². The monoisotopic (exact) mass is 542 g/mol. The first-order chi connectivity index (χ1) is 18.5. The number of benzene rings is 4. The molecule has 0 bridgehead atoms. The molecule has 198 valence electrons. The van der Waals surface area contributed by atoms with Crippen LogP contribution in [0.15, 0.2) is 121 Å². The number of hydrogen-bond acceptors (Lipinski definition) is 2. The van der Waals surface area contributed by atoms with Crippen molar-refractivity contribution >= 4 is 35.5 Å². The number of rotatable bonds is 13. The highest BCUT2D eigenvalue weighted by Crippen LogP contribution is 2.58. The Morgan fingerprint density at radius 1 is 0.474 bits per heavy atom. The molecule has 0 radical (unpaired) electrons. The summed E-state index contributed by atoms with van der Waals surface area (Å²) in [6.45, 7) is 4.41. The fourth-order valence-corrected chi connectivity index (χ4v) is 12.7. The van der Waals surface area contributed by atoms with Gasteiger partial charge in [-0.2, -0.15) is 0 Å². The Morgan fingerprint density at radius 3 is 1.05 bits per heavy atom. The van der Waals surface area contributed by atoms with Crippen molar-refractivity contribution in [3.05, 3.63) is 121 Å². The Bertz CT molecular complexity index is 1170. The second kappa shape index (κ2) is 12.9. The van der Waals surface area contributed by atoms with E-state index in [2.05, 4.69) is 13.8 Å². The topological polar surface area (TPSA) is 34.1 Å². The molecule has 0 aliphatic heterocycles. The van der Waals surface area contributed by atoms with Crippen LogP contribution in [0.1, 0.15) is 46.0 Å². The Labute approximate surface area is 229 Å². The van der Waals surface area contributed by atoms with Crippen molar-refractivity contribution in [3.63, 3.8) is 0 Å². The van der Waals surface area contributed by atoms with E-state index in [4.69, 9.17) is 0 Å². The fraction of sp³-hybridized carbons (Fsp3) is 0.294. The van der Waals surface area contributed by atoms with Crippen LogP contribution in [0, 0.1) is 5.41 Å². The molecule has 4 aromatic rings. The summed E-state index contributed by atoms with van der Waals surface area (Å²) in [7, 11) is -6.01. The van der Waals surface area contributed by atoms with Crippen LogP contribution >= 0.6 is 14.3 Å². The fourth-order valence-electron chi connectivity index (χ4n) is 5.86. The lowest BCUT2D eigenvalue weighted by atomic mass is 9.82. The highest BCUT2D eigenvalue weighted by molar-refractivity contribution is 7.79. The van der Waals surface area contributed by atoms with Gasteiger partial charge in [-0.3, -0.25) is 0 Å². The Morgan fingerprint density at radius 2 is 0.789 bits per heavy atom. The van der Waals surface area contributed by atoms with Crippen LogP contribution in [0.3, 0.4) is 0 Å². The summed E-state index contributed by atoms with van der Waals surface area (Å²) in [5, 5.41) is 3.55. The van der Waals surface area contributed by atoms with Crippen molar-refractivity contribution in [2.24, 2.45) is 5.41 Å². The molecule has 4 rings (SSSR count). The molecular formula is C34H40O2P2. The van der Waals surface area contributed by atoms with E-state index in [1.54, 1.807) is 0 Å². The van der Waals surface area contributed by atoms with E-state index in [1.165, 1.54) is 0 Å². The SMILES string of the molecule is CCCCC(CCC)(CP(=O)(c1ccccc1)c1ccccc1)CP(=O)(c1ccccc1)c1ccccc1. The Balaban J connectivity index is 1.90. The molecule has 0 unspecified atom stereocenters. The van der Waals surface area contributed by atoms with Gasteiger partial charge < -0.3 is 9.13 Å². The predicted molar refractivity (Wildman–Crippen MR) is 166 cm³/mol. The molecule has 0 aliphatic carbocycles. The van der Waals surface area contributed by atoms with Gasteiger partial charge in [0.25, 0.3) is 0 Å². The summed E-state index contributed by atoms with van der Waals surface area (Å²) in [5.41, 5.74) is -0.340. The standard InChI is InChI=1S/C34H40O2P2/c1-3-5-27-34(26-4-2,28-37(35,30-18-10-6-11-19-30)31-20-12-7-13-21-31)29-38(36,32-22-14-8-15-23-32)33-24-16-9-17-25-33/h6-25H,3-5,26-29H2,1-2H3. The minimum absolute atomic E-state index is 0.340. The summed E-state index contributed by atoms with van der Waals surface area (Å²) in [6.07, 6.45) is 5.86. The van der Waals surface area contributed by atoms with Crippen molar-refractivity contribution in [1.82, 2.24) is 0 Å².